The van der Waals surface area contributed by atoms with E-state index in [4.69, 9.17) is 28.4 Å². The maximum atomic E-state index is 13.8. The van der Waals surface area contributed by atoms with Crippen molar-refractivity contribution < 1.29 is 57.2 Å². The van der Waals surface area contributed by atoms with Gasteiger partial charge in [-0.25, -0.2) is 19.2 Å². The summed E-state index contributed by atoms with van der Waals surface area (Å²) < 4.78 is 34.3. The first kappa shape index (κ1) is 56.2. The quantitative estimate of drug-likeness (QED) is 0.0336. The fourth-order valence-electron chi connectivity index (χ4n) is 7.34. The lowest BCUT2D eigenvalue weighted by atomic mass is 9.85. The summed E-state index contributed by atoms with van der Waals surface area (Å²) in [7, 11) is 0. The van der Waals surface area contributed by atoms with Crippen LogP contribution in [0.3, 0.4) is 0 Å². The van der Waals surface area contributed by atoms with Gasteiger partial charge in [0.15, 0.2) is 24.8 Å². The number of esters is 2. The monoisotopic (exact) mass is 965 g/mol. The Hall–Kier alpha value is -6.38. The van der Waals surface area contributed by atoms with Crippen LogP contribution in [0.5, 0.6) is 0 Å². The normalized spacial score (nSPS) is 12.8. The highest BCUT2D eigenvalue weighted by molar-refractivity contribution is 6.00. The molecule has 0 saturated heterocycles. The van der Waals surface area contributed by atoms with Crippen molar-refractivity contribution in [3.63, 3.8) is 0 Å². The molecule has 14 heteroatoms. The molecule has 70 heavy (non-hydrogen) atoms. The molecule has 0 aliphatic rings. The summed E-state index contributed by atoms with van der Waals surface area (Å²) in [5.74, 6) is -2.41. The molecule has 378 valence electrons. The largest absolute Gasteiger partial charge is 0.456 e. The number of nitrogens with zero attached hydrogens (tertiary/aromatic N) is 2. The number of ether oxygens (including phenoxy) is 6. The number of Topliss-reactive ketones (excluding diaryl/α,β-unsaturated/α-hetero) is 2. The third-order valence-corrected chi connectivity index (χ3v) is 10.6. The summed E-state index contributed by atoms with van der Waals surface area (Å²) in [6.45, 7) is 21.1. The van der Waals surface area contributed by atoms with E-state index in [1.807, 2.05) is 60.7 Å². The molecule has 0 aromatic heterocycles. The molecule has 0 N–H and O–H groups in total. The van der Waals surface area contributed by atoms with Crippen molar-refractivity contribution in [2.75, 3.05) is 39.5 Å². The fraction of sp³-hybridized carbons (Fsp3) is 0.464. The number of hydrogen-bond donors (Lipinski definition) is 0. The minimum atomic E-state index is -1.10. The highest BCUT2D eigenvalue weighted by Crippen LogP contribution is 2.30. The Kier molecular flexibility index (Phi) is 20.0. The molecular formula is C56H72N2O12. The van der Waals surface area contributed by atoms with Gasteiger partial charge in [-0.05, 0) is 74.6 Å². The van der Waals surface area contributed by atoms with E-state index >= 15 is 0 Å². The standard InChI is InChI=1S/C56H72N2O12/c1-53(2,3)47(57(51(63)69-55(7,8)9)31-33-65-35-39-19-15-13-16-20-39)49(61)67-37-45(59)43-27-23-41(24-28-43)42-25-29-44(30-26-42)46(60)38-68-50(62)48(54(4,5)6)58(52(64)70-56(10,11)12)32-34-66-36-40-21-17-14-18-22-40/h13-30,47-48H,31-38H2,1-12H3. The summed E-state index contributed by atoms with van der Waals surface area (Å²) in [6, 6.07) is 30.4. The first-order chi connectivity index (χ1) is 32.7. The maximum absolute atomic E-state index is 13.8. The zero-order valence-corrected chi connectivity index (χ0v) is 43.0. The second-order valence-corrected chi connectivity index (χ2v) is 21.2. The highest BCUT2D eigenvalue weighted by Gasteiger charge is 2.43. The molecule has 0 radical (unpaired) electrons. The number of carbonyl (C=O) groups excluding carboxylic acids is 6. The van der Waals surface area contributed by atoms with E-state index < -0.39 is 83.0 Å². The summed E-state index contributed by atoms with van der Waals surface area (Å²) in [4.78, 5) is 84.0. The van der Waals surface area contributed by atoms with Crippen LogP contribution in [0.25, 0.3) is 11.1 Å². The van der Waals surface area contributed by atoms with Crippen LogP contribution in [0.4, 0.5) is 9.59 Å². The van der Waals surface area contributed by atoms with Gasteiger partial charge in [-0.2, -0.15) is 0 Å². The lowest BCUT2D eigenvalue weighted by Crippen LogP contribution is -2.55. The third-order valence-electron chi connectivity index (χ3n) is 10.6. The van der Waals surface area contributed by atoms with Crippen molar-refractivity contribution in [3.8, 4) is 11.1 Å². The second kappa shape index (κ2) is 25.0. The predicted octanol–water partition coefficient (Wildman–Crippen LogP) is 10.5. The minimum Gasteiger partial charge on any atom is -0.456 e. The summed E-state index contributed by atoms with van der Waals surface area (Å²) in [5, 5.41) is 0. The Morgan fingerprint density at radius 3 is 1.04 bits per heavy atom. The van der Waals surface area contributed by atoms with Crippen LogP contribution >= 0.6 is 0 Å². The number of amides is 2. The van der Waals surface area contributed by atoms with Crippen molar-refractivity contribution in [3.05, 3.63) is 131 Å². The summed E-state index contributed by atoms with van der Waals surface area (Å²) >= 11 is 0. The van der Waals surface area contributed by atoms with Gasteiger partial charge in [0.1, 0.15) is 23.3 Å². The van der Waals surface area contributed by atoms with Crippen LogP contribution < -0.4 is 0 Å². The SMILES string of the molecule is CC(C)(C)OC(=O)N(CCOCc1ccccc1)C(C(=O)OCC(=O)c1ccc(-c2ccc(C(=O)COC(=O)C(N(CCOCc3ccccc3)C(=O)OC(C)(C)C)C(C)(C)C)cc2)cc1)C(C)(C)C. The summed E-state index contributed by atoms with van der Waals surface area (Å²) in [6.07, 6.45) is -1.42. The first-order valence-electron chi connectivity index (χ1n) is 23.6. The van der Waals surface area contributed by atoms with E-state index in [0.717, 1.165) is 22.3 Å². The Balaban J connectivity index is 1.37. The second-order valence-electron chi connectivity index (χ2n) is 21.2. The molecule has 0 bridgehead atoms. The van der Waals surface area contributed by atoms with Gasteiger partial charge in [0.25, 0.3) is 0 Å². The molecular weight excluding hydrogens is 893 g/mol. The first-order valence-corrected chi connectivity index (χ1v) is 23.6. The predicted molar refractivity (Wildman–Crippen MR) is 267 cm³/mol. The van der Waals surface area contributed by atoms with Gasteiger partial charge in [0.05, 0.1) is 26.4 Å². The van der Waals surface area contributed by atoms with Gasteiger partial charge in [0.2, 0.25) is 0 Å². The lowest BCUT2D eigenvalue weighted by molar-refractivity contribution is -0.154. The van der Waals surface area contributed by atoms with Gasteiger partial charge in [-0.1, -0.05) is 151 Å². The lowest BCUT2D eigenvalue weighted by Gasteiger charge is -2.38. The zero-order valence-electron chi connectivity index (χ0n) is 43.0. The molecule has 4 aromatic carbocycles. The van der Waals surface area contributed by atoms with Gasteiger partial charge >= 0.3 is 24.1 Å². The van der Waals surface area contributed by atoms with Crippen LogP contribution in [0.1, 0.15) is 115 Å². The third kappa shape index (κ3) is 18.2. The molecule has 2 amide bonds. The molecule has 0 saturated carbocycles. The fourth-order valence-corrected chi connectivity index (χ4v) is 7.34. The smallest absolute Gasteiger partial charge is 0.411 e. The van der Waals surface area contributed by atoms with E-state index in [9.17, 15) is 28.8 Å². The maximum Gasteiger partial charge on any atom is 0.411 e. The number of hydrogen-bond acceptors (Lipinski definition) is 12. The molecule has 14 nitrogen and oxygen atoms in total. The Morgan fingerprint density at radius 2 is 0.757 bits per heavy atom. The molecule has 4 rings (SSSR count). The Bertz CT molecular complexity index is 2170. The van der Waals surface area contributed by atoms with E-state index in [2.05, 4.69) is 0 Å². The minimum absolute atomic E-state index is 0.0396. The van der Waals surface area contributed by atoms with Gasteiger partial charge < -0.3 is 28.4 Å². The van der Waals surface area contributed by atoms with Crippen LogP contribution in [-0.2, 0) is 51.2 Å². The summed E-state index contributed by atoms with van der Waals surface area (Å²) in [5.41, 5.74) is 0.737. The van der Waals surface area contributed by atoms with Crippen molar-refractivity contribution in [2.24, 2.45) is 10.8 Å². The Morgan fingerprint density at radius 1 is 0.443 bits per heavy atom. The van der Waals surface area contributed by atoms with Crippen LogP contribution in [0, 0.1) is 10.8 Å². The zero-order chi connectivity index (χ0) is 51.9. The Labute approximate surface area is 413 Å². The highest BCUT2D eigenvalue weighted by atomic mass is 16.6. The van der Waals surface area contributed by atoms with Gasteiger partial charge in [-0.15, -0.1) is 0 Å². The van der Waals surface area contributed by atoms with Crippen LogP contribution in [0.15, 0.2) is 109 Å². The van der Waals surface area contributed by atoms with Crippen molar-refractivity contribution >= 4 is 35.7 Å². The average Bonchev–Trinajstić information content (AvgIpc) is 3.28. The number of carbonyl (C=O) groups is 6. The number of rotatable bonds is 21. The number of ketones is 2. The van der Waals surface area contributed by atoms with Gasteiger partial charge in [0, 0.05) is 24.2 Å². The molecule has 0 aliphatic carbocycles. The van der Waals surface area contributed by atoms with E-state index in [1.165, 1.54) is 9.80 Å². The molecule has 0 fully saturated rings. The topological polar surface area (TPSA) is 164 Å². The molecule has 0 heterocycles. The van der Waals surface area contributed by atoms with E-state index in [-0.39, 0.29) is 26.3 Å². The number of benzene rings is 4. The van der Waals surface area contributed by atoms with E-state index in [1.54, 1.807) is 132 Å². The van der Waals surface area contributed by atoms with Gasteiger partial charge in [-0.3, -0.25) is 19.4 Å². The molecule has 0 spiro atoms. The van der Waals surface area contributed by atoms with Crippen molar-refractivity contribution in [1.82, 2.24) is 9.80 Å². The van der Waals surface area contributed by atoms with E-state index in [0.29, 0.717) is 24.3 Å². The molecule has 0 aliphatic heterocycles. The molecule has 2 unspecified atom stereocenters. The average molecular weight is 965 g/mol. The molecule has 4 aromatic rings. The van der Waals surface area contributed by atoms with Crippen molar-refractivity contribution in [1.29, 1.82) is 0 Å². The van der Waals surface area contributed by atoms with Crippen LogP contribution in [0.2, 0.25) is 0 Å². The van der Waals surface area contributed by atoms with Crippen LogP contribution in [-0.4, -0.2) is 108 Å². The van der Waals surface area contributed by atoms with Crippen molar-refractivity contribution in [2.45, 2.75) is 120 Å². The molecule has 2 atom stereocenters.